The molecule has 0 fully saturated rings. The third kappa shape index (κ3) is 3.50. The van der Waals surface area contributed by atoms with Crippen LogP contribution in [-0.2, 0) is 12.4 Å². The number of nitrogens with zero attached hydrogens (tertiary/aromatic N) is 1. The van der Waals surface area contributed by atoms with Gasteiger partial charge in [-0.2, -0.15) is 26.3 Å². The van der Waals surface area contributed by atoms with Crippen LogP contribution in [0.15, 0.2) is 12.1 Å². The van der Waals surface area contributed by atoms with Crippen LogP contribution in [0.1, 0.15) is 43.3 Å². The van der Waals surface area contributed by atoms with E-state index in [2.05, 4.69) is 15.3 Å². The Hall–Kier alpha value is -1.77. The normalized spacial score (nSPS) is 15.7. The summed E-state index contributed by atoms with van der Waals surface area (Å²) in [5, 5.41) is 2.94. The second-order valence-corrected chi connectivity index (χ2v) is 5.69. The van der Waals surface area contributed by atoms with E-state index in [1.807, 2.05) is 13.8 Å². The molecule has 2 N–H and O–H groups in total. The fourth-order valence-electron chi connectivity index (χ4n) is 2.59. The van der Waals surface area contributed by atoms with Crippen molar-refractivity contribution in [1.29, 1.82) is 0 Å². The highest BCUT2D eigenvalue weighted by Crippen LogP contribution is 2.40. The average Bonchev–Trinajstić information content (AvgIpc) is 2.87. The maximum absolute atomic E-state index is 13.2. The molecule has 3 nitrogen and oxygen atoms in total. The van der Waals surface area contributed by atoms with E-state index in [0.29, 0.717) is 6.07 Å². The van der Waals surface area contributed by atoms with Gasteiger partial charge < -0.3 is 10.3 Å². The summed E-state index contributed by atoms with van der Waals surface area (Å²) >= 11 is 0. The number of benzene rings is 1. The lowest BCUT2D eigenvalue weighted by Gasteiger charge is -2.19. The fraction of sp³-hybridized carbons (Fsp3) is 0.533. The topological polar surface area (TPSA) is 40.7 Å². The molecule has 0 spiro atoms. The van der Waals surface area contributed by atoms with Gasteiger partial charge in [-0.3, -0.25) is 0 Å². The zero-order chi connectivity index (χ0) is 18.3. The molecule has 1 aromatic carbocycles. The summed E-state index contributed by atoms with van der Waals surface area (Å²) in [5.74, 6) is 0.221. The number of nitrogens with one attached hydrogen (secondary N) is 2. The molecule has 0 saturated carbocycles. The maximum Gasteiger partial charge on any atom is 0.418 e. The minimum atomic E-state index is -4.93. The van der Waals surface area contributed by atoms with E-state index in [4.69, 9.17) is 0 Å². The van der Waals surface area contributed by atoms with Crippen LogP contribution in [0.4, 0.5) is 26.3 Å². The smallest absolute Gasteiger partial charge is 0.341 e. The first-order valence-electron chi connectivity index (χ1n) is 7.34. The number of H-pyrrole nitrogens is 1. The minimum Gasteiger partial charge on any atom is -0.341 e. The molecule has 2 unspecified atom stereocenters. The molecule has 0 saturated heterocycles. The van der Waals surface area contributed by atoms with Crippen molar-refractivity contribution in [2.45, 2.75) is 38.7 Å². The molecule has 1 heterocycles. The third-order valence-electron chi connectivity index (χ3n) is 4.06. The van der Waals surface area contributed by atoms with Crippen molar-refractivity contribution < 1.29 is 26.3 Å². The molecule has 0 aliphatic carbocycles. The lowest BCUT2D eigenvalue weighted by molar-refractivity contribution is -0.142. The number of halogens is 6. The second-order valence-electron chi connectivity index (χ2n) is 5.69. The molecule has 0 aliphatic rings. The number of rotatable bonds is 4. The Bertz CT molecular complexity index is 716. The monoisotopic (exact) mass is 353 g/mol. The van der Waals surface area contributed by atoms with Gasteiger partial charge in [-0.25, -0.2) is 4.98 Å². The Morgan fingerprint density at radius 1 is 1.12 bits per heavy atom. The molecule has 24 heavy (non-hydrogen) atoms. The van der Waals surface area contributed by atoms with Gasteiger partial charge in [0, 0.05) is 0 Å². The van der Waals surface area contributed by atoms with Crippen molar-refractivity contribution in [3.8, 4) is 0 Å². The summed E-state index contributed by atoms with van der Waals surface area (Å²) in [4.78, 5) is 6.55. The van der Waals surface area contributed by atoms with Crippen molar-refractivity contribution in [3.63, 3.8) is 0 Å². The molecule has 0 aliphatic heterocycles. The predicted molar refractivity (Wildman–Crippen MR) is 77.4 cm³/mol. The molecule has 2 rings (SSSR count). The molecule has 2 atom stereocenters. The van der Waals surface area contributed by atoms with E-state index in [1.165, 1.54) is 0 Å². The summed E-state index contributed by atoms with van der Waals surface area (Å²) in [7, 11) is 1.62. The van der Waals surface area contributed by atoms with E-state index in [9.17, 15) is 26.3 Å². The summed E-state index contributed by atoms with van der Waals surface area (Å²) in [5.41, 5.74) is -3.54. The lowest BCUT2D eigenvalue weighted by Crippen LogP contribution is -2.24. The number of hydrogen-bond acceptors (Lipinski definition) is 2. The highest BCUT2D eigenvalue weighted by molar-refractivity contribution is 5.80. The highest BCUT2D eigenvalue weighted by Gasteiger charge is 2.39. The van der Waals surface area contributed by atoms with Crippen molar-refractivity contribution in [3.05, 3.63) is 29.1 Å². The van der Waals surface area contributed by atoms with Gasteiger partial charge in [0.1, 0.15) is 11.3 Å². The Kier molecular flexibility index (Phi) is 4.85. The van der Waals surface area contributed by atoms with E-state index in [-0.39, 0.29) is 23.3 Å². The van der Waals surface area contributed by atoms with E-state index in [0.717, 1.165) is 6.42 Å². The largest absolute Gasteiger partial charge is 0.418 e. The van der Waals surface area contributed by atoms with Crippen LogP contribution in [0.25, 0.3) is 11.0 Å². The number of alkyl halides is 6. The van der Waals surface area contributed by atoms with Crippen molar-refractivity contribution in [2.24, 2.45) is 5.92 Å². The lowest BCUT2D eigenvalue weighted by atomic mass is 9.99. The molecular weight excluding hydrogens is 336 g/mol. The van der Waals surface area contributed by atoms with Gasteiger partial charge in [-0.05, 0) is 25.1 Å². The van der Waals surface area contributed by atoms with Gasteiger partial charge >= 0.3 is 12.4 Å². The highest BCUT2D eigenvalue weighted by atomic mass is 19.4. The van der Waals surface area contributed by atoms with Crippen LogP contribution < -0.4 is 5.32 Å². The molecule has 9 heteroatoms. The number of fused-ring (bicyclic) bond motifs is 1. The Morgan fingerprint density at radius 3 is 2.21 bits per heavy atom. The first-order chi connectivity index (χ1) is 11.0. The number of aromatic amines is 1. The van der Waals surface area contributed by atoms with Gasteiger partial charge in [0.2, 0.25) is 0 Å². The molecule has 1 aromatic heterocycles. The predicted octanol–water partition coefficient (Wildman–Crippen LogP) is 4.91. The minimum absolute atomic E-state index is 0.0342. The molecule has 0 bridgehead atoms. The Labute approximate surface area is 134 Å². The van der Waals surface area contributed by atoms with Crippen molar-refractivity contribution in [1.82, 2.24) is 15.3 Å². The van der Waals surface area contributed by atoms with Crippen LogP contribution in [0.5, 0.6) is 0 Å². The number of imidazole rings is 1. The van der Waals surface area contributed by atoms with E-state index < -0.39 is 35.0 Å². The summed E-state index contributed by atoms with van der Waals surface area (Å²) in [6.07, 6.45) is -9.08. The summed E-state index contributed by atoms with van der Waals surface area (Å²) < 4.78 is 78.2. The SMILES string of the molecule is CCC(C)C(NC)c1nc2c(C(F)(F)F)cc(C(F)(F)F)cc2[nH]1. The first-order valence-corrected chi connectivity index (χ1v) is 7.34. The van der Waals surface area contributed by atoms with Gasteiger partial charge in [0.15, 0.2) is 0 Å². The van der Waals surface area contributed by atoms with E-state index in [1.54, 1.807) is 7.05 Å². The molecule has 0 amide bonds. The molecular formula is C15H17F6N3. The van der Waals surface area contributed by atoms with Gasteiger partial charge in [0.05, 0.1) is 22.7 Å². The van der Waals surface area contributed by atoms with Gasteiger partial charge in [0.25, 0.3) is 0 Å². The van der Waals surface area contributed by atoms with Crippen LogP contribution >= 0.6 is 0 Å². The second kappa shape index (κ2) is 6.27. The van der Waals surface area contributed by atoms with Gasteiger partial charge in [-0.15, -0.1) is 0 Å². The van der Waals surface area contributed by atoms with Gasteiger partial charge in [-0.1, -0.05) is 20.3 Å². The fourth-order valence-corrected chi connectivity index (χ4v) is 2.59. The summed E-state index contributed by atoms with van der Waals surface area (Å²) in [6, 6.07) is 0.368. The Balaban J connectivity index is 2.70. The van der Waals surface area contributed by atoms with E-state index >= 15 is 0 Å². The zero-order valence-corrected chi connectivity index (χ0v) is 13.2. The van der Waals surface area contributed by atoms with Crippen molar-refractivity contribution in [2.75, 3.05) is 7.05 Å². The standard InChI is InChI=1S/C15H17F6N3/c1-4-7(2)11(22-3)13-23-10-6-8(14(16,17)18)5-9(12(10)24-13)15(19,20)21/h5-7,11,22H,4H2,1-3H3,(H,23,24). The zero-order valence-electron chi connectivity index (χ0n) is 13.2. The van der Waals surface area contributed by atoms with Crippen LogP contribution in [0, 0.1) is 5.92 Å². The molecule has 134 valence electrons. The quantitative estimate of drug-likeness (QED) is 0.767. The maximum atomic E-state index is 13.2. The number of aromatic nitrogens is 2. The first kappa shape index (κ1) is 18.6. The average molecular weight is 353 g/mol. The molecule has 2 aromatic rings. The Morgan fingerprint density at radius 2 is 1.75 bits per heavy atom. The molecule has 0 radical (unpaired) electrons. The van der Waals surface area contributed by atoms with Crippen LogP contribution in [0.3, 0.4) is 0 Å². The van der Waals surface area contributed by atoms with Crippen LogP contribution in [0.2, 0.25) is 0 Å². The van der Waals surface area contributed by atoms with Crippen molar-refractivity contribution >= 4 is 11.0 Å². The third-order valence-corrected chi connectivity index (χ3v) is 4.06. The number of hydrogen-bond donors (Lipinski definition) is 2. The summed E-state index contributed by atoms with van der Waals surface area (Å²) in [6.45, 7) is 3.78. The van der Waals surface area contributed by atoms with Crippen LogP contribution in [-0.4, -0.2) is 17.0 Å².